The number of carbonyl (C=O) groups is 2. The van der Waals surface area contributed by atoms with E-state index in [0.29, 0.717) is 11.1 Å². The molecule has 0 spiro atoms. The minimum Gasteiger partial charge on any atom is -0.347 e. The van der Waals surface area contributed by atoms with E-state index in [1.54, 1.807) is 43.3 Å². The maximum atomic E-state index is 12.4. The molecule has 0 unspecified atom stereocenters. The summed E-state index contributed by atoms with van der Waals surface area (Å²) >= 11 is 5.87. The summed E-state index contributed by atoms with van der Waals surface area (Å²) in [6.07, 6.45) is 1.86. The van der Waals surface area contributed by atoms with Gasteiger partial charge in [0, 0.05) is 14.1 Å². The fourth-order valence-electron chi connectivity index (χ4n) is 2.30. The van der Waals surface area contributed by atoms with Crippen molar-refractivity contribution in [2.45, 2.75) is 0 Å². The Morgan fingerprint density at radius 3 is 2.16 bits per heavy atom. The van der Waals surface area contributed by atoms with Crippen LogP contribution in [0.25, 0.3) is 0 Å². The number of fused-ring (bicyclic) bond motifs is 1. The van der Waals surface area contributed by atoms with Gasteiger partial charge in [0.05, 0.1) is 11.1 Å². The summed E-state index contributed by atoms with van der Waals surface area (Å²) in [4.78, 5) is 40.3. The highest BCUT2D eigenvalue weighted by Crippen LogP contribution is 2.23. The lowest BCUT2D eigenvalue weighted by Crippen LogP contribution is -2.40. The largest absolute Gasteiger partial charge is 0.347 e. The summed E-state index contributed by atoms with van der Waals surface area (Å²) in [5.74, 6) is -0.761. The molecule has 2 amide bonds. The molecule has 0 fully saturated rings. The Kier molecular flexibility index (Phi) is 4.21. The SMILES string of the molecule is CN(C)c1nc(Cl)nc(N(C#N)CN2C(=O)c3ccccc3C2=O)n1. The number of amides is 2. The molecule has 0 radical (unpaired) electrons. The Hall–Kier alpha value is -3.25. The van der Waals surface area contributed by atoms with Crippen LogP contribution in [0, 0.1) is 11.5 Å². The third kappa shape index (κ3) is 2.95. The van der Waals surface area contributed by atoms with E-state index in [9.17, 15) is 14.9 Å². The van der Waals surface area contributed by atoms with Crippen LogP contribution < -0.4 is 9.80 Å². The highest BCUT2D eigenvalue weighted by Gasteiger charge is 2.36. The molecule has 0 atom stereocenters. The van der Waals surface area contributed by atoms with Gasteiger partial charge in [0.25, 0.3) is 11.8 Å². The molecule has 126 valence electrons. The van der Waals surface area contributed by atoms with Crippen molar-refractivity contribution in [3.8, 4) is 6.19 Å². The molecule has 0 N–H and O–H groups in total. The quantitative estimate of drug-likeness (QED) is 0.455. The maximum Gasteiger partial charge on any atom is 0.263 e. The molecule has 9 nitrogen and oxygen atoms in total. The maximum absolute atomic E-state index is 12.4. The van der Waals surface area contributed by atoms with Crippen LogP contribution in [-0.2, 0) is 0 Å². The first-order chi connectivity index (χ1) is 11.9. The number of anilines is 2. The molecule has 0 saturated heterocycles. The van der Waals surface area contributed by atoms with E-state index >= 15 is 0 Å². The van der Waals surface area contributed by atoms with E-state index < -0.39 is 11.8 Å². The lowest BCUT2D eigenvalue weighted by atomic mass is 10.1. The van der Waals surface area contributed by atoms with Crippen LogP contribution in [0.2, 0.25) is 5.28 Å². The lowest BCUT2D eigenvalue weighted by Gasteiger charge is -2.21. The molecule has 0 aliphatic carbocycles. The van der Waals surface area contributed by atoms with Gasteiger partial charge >= 0.3 is 0 Å². The Labute approximate surface area is 148 Å². The van der Waals surface area contributed by atoms with Gasteiger partial charge in [0.2, 0.25) is 17.2 Å². The number of nitrogens with zero attached hydrogens (tertiary/aromatic N) is 7. The van der Waals surface area contributed by atoms with Crippen molar-refractivity contribution in [2.24, 2.45) is 0 Å². The number of imide groups is 1. The number of rotatable bonds is 4. The molecule has 1 aromatic heterocycles. The van der Waals surface area contributed by atoms with E-state index in [1.165, 1.54) is 0 Å². The standard InChI is InChI=1S/C15H12ClN7O2/c1-21(2)14-18-13(16)19-15(20-14)22(7-17)8-23-11(24)9-5-3-4-6-10(9)12(23)25/h3-6H,8H2,1-2H3. The Balaban J connectivity index is 1.91. The van der Waals surface area contributed by atoms with E-state index in [1.807, 2.05) is 6.19 Å². The topological polar surface area (TPSA) is 106 Å². The van der Waals surface area contributed by atoms with Gasteiger partial charge in [-0.3, -0.25) is 14.5 Å². The molecule has 1 aliphatic rings. The Morgan fingerprint density at radius 1 is 1.08 bits per heavy atom. The van der Waals surface area contributed by atoms with Crippen LogP contribution in [0.5, 0.6) is 0 Å². The normalized spacial score (nSPS) is 12.8. The van der Waals surface area contributed by atoms with Crippen molar-refractivity contribution in [3.63, 3.8) is 0 Å². The number of benzene rings is 1. The van der Waals surface area contributed by atoms with Gasteiger partial charge < -0.3 is 4.90 Å². The average Bonchev–Trinajstić information content (AvgIpc) is 2.83. The van der Waals surface area contributed by atoms with Crippen molar-refractivity contribution in [1.29, 1.82) is 5.26 Å². The van der Waals surface area contributed by atoms with E-state index in [0.717, 1.165) is 9.80 Å². The third-order valence-electron chi connectivity index (χ3n) is 3.51. The molecule has 2 heterocycles. The first-order valence-corrected chi connectivity index (χ1v) is 7.51. The second-order valence-electron chi connectivity index (χ2n) is 5.35. The Morgan fingerprint density at radius 2 is 1.64 bits per heavy atom. The average molecular weight is 358 g/mol. The summed E-state index contributed by atoms with van der Waals surface area (Å²) in [7, 11) is 3.41. The molecular formula is C15H12ClN7O2. The first-order valence-electron chi connectivity index (χ1n) is 7.13. The van der Waals surface area contributed by atoms with Crippen LogP contribution in [0.4, 0.5) is 11.9 Å². The third-order valence-corrected chi connectivity index (χ3v) is 3.68. The summed E-state index contributed by atoms with van der Waals surface area (Å²) in [5, 5.41) is 9.32. The summed E-state index contributed by atoms with van der Waals surface area (Å²) in [6.45, 7) is -0.323. The number of hydrogen-bond acceptors (Lipinski definition) is 8. The monoisotopic (exact) mass is 357 g/mol. The van der Waals surface area contributed by atoms with Crippen molar-refractivity contribution in [3.05, 3.63) is 40.7 Å². The number of hydrogen-bond donors (Lipinski definition) is 0. The smallest absolute Gasteiger partial charge is 0.263 e. The summed E-state index contributed by atoms with van der Waals surface area (Å²) in [6, 6.07) is 6.47. The molecule has 0 bridgehead atoms. The van der Waals surface area contributed by atoms with Crippen LogP contribution in [0.3, 0.4) is 0 Å². The predicted molar refractivity (Wildman–Crippen MR) is 89.1 cm³/mol. The van der Waals surface area contributed by atoms with Gasteiger partial charge in [-0.05, 0) is 23.7 Å². The summed E-state index contributed by atoms with van der Waals surface area (Å²) < 4.78 is 0. The molecule has 2 aromatic rings. The van der Waals surface area contributed by atoms with Crippen LogP contribution in [0.15, 0.2) is 24.3 Å². The van der Waals surface area contributed by atoms with Crippen molar-refractivity contribution in [1.82, 2.24) is 19.9 Å². The molecule has 3 rings (SSSR count). The number of aromatic nitrogens is 3. The van der Waals surface area contributed by atoms with Crippen molar-refractivity contribution in [2.75, 3.05) is 30.6 Å². The van der Waals surface area contributed by atoms with Crippen LogP contribution in [0.1, 0.15) is 20.7 Å². The Bertz CT molecular complexity index is 874. The van der Waals surface area contributed by atoms with E-state index in [4.69, 9.17) is 11.6 Å². The van der Waals surface area contributed by atoms with Crippen molar-refractivity contribution < 1.29 is 9.59 Å². The molecule has 1 aromatic carbocycles. The van der Waals surface area contributed by atoms with Gasteiger partial charge in [-0.1, -0.05) is 12.1 Å². The number of nitriles is 1. The molecule has 25 heavy (non-hydrogen) atoms. The fourth-order valence-corrected chi connectivity index (χ4v) is 2.45. The minimum atomic E-state index is -0.478. The molecular weight excluding hydrogens is 346 g/mol. The van der Waals surface area contributed by atoms with Crippen LogP contribution in [-0.4, -0.2) is 52.4 Å². The number of halogens is 1. The second kappa shape index (κ2) is 6.33. The van der Waals surface area contributed by atoms with Gasteiger partial charge in [-0.2, -0.15) is 20.2 Å². The van der Waals surface area contributed by atoms with Crippen molar-refractivity contribution >= 4 is 35.3 Å². The van der Waals surface area contributed by atoms with Crippen LogP contribution >= 0.6 is 11.6 Å². The molecule has 10 heteroatoms. The zero-order valence-electron chi connectivity index (χ0n) is 13.3. The number of carbonyl (C=O) groups excluding carboxylic acids is 2. The molecule has 0 saturated carbocycles. The second-order valence-corrected chi connectivity index (χ2v) is 5.69. The predicted octanol–water partition coefficient (Wildman–Crippen LogP) is 1.13. The minimum absolute atomic E-state index is 0.0530. The van der Waals surface area contributed by atoms with Gasteiger partial charge in [-0.15, -0.1) is 0 Å². The molecule has 1 aliphatic heterocycles. The van der Waals surface area contributed by atoms with Gasteiger partial charge in [-0.25, -0.2) is 4.90 Å². The van der Waals surface area contributed by atoms with Gasteiger partial charge in [0.1, 0.15) is 6.67 Å². The summed E-state index contributed by atoms with van der Waals surface area (Å²) in [5.41, 5.74) is 0.598. The zero-order valence-corrected chi connectivity index (χ0v) is 14.1. The highest BCUT2D eigenvalue weighted by atomic mass is 35.5. The zero-order chi connectivity index (χ0) is 18.1. The van der Waals surface area contributed by atoms with E-state index in [-0.39, 0.29) is 23.8 Å². The van der Waals surface area contributed by atoms with E-state index in [2.05, 4.69) is 15.0 Å². The van der Waals surface area contributed by atoms with Gasteiger partial charge in [0.15, 0.2) is 6.19 Å². The first kappa shape index (κ1) is 16.6. The lowest BCUT2D eigenvalue weighted by molar-refractivity contribution is 0.0658. The highest BCUT2D eigenvalue weighted by molar-refractivity contribution is 6.28. The fraction of sp³-hybridized carbons (Fsp3) is 0.200.